The molecular weight excluding hydrogens is 246 g/mol. The molecule has 100 valence electrons. The van der Waals surface area contributed by atoms with Crippen LogP contribution in [0.25, 0.3) is 11.1 Å². The molecule has 1 aliphatic carbocycles. The predicted octanol–water partition coefficient (Wildman–Crippen LogP) is 3.19. The molecule has 1 unspecified atom stereocenters. The zero-order chi connectivity index (χ0) is 13.6. The quantitative estimate of drug-likeness (QED) is 0.675. The lowest BCUT2D eigenvalue weighted by atomic mass is 10.1. The number of benzene rings is 1. The number of hydrogen-bond donors (Lipinski definition) is 1. The highest BCUT2D eigenvalue weighted by molar-refractivity contribution is 5.83. The Hall–Kier alpha value is -2.11. The summed E-state index contributed by atoms with van der Waals surface area (Å²) in [5.74, 6) is 0.609. The molecule has 19 heavy (non-hydrogen) atoms. The van der Waals surface area contributed by atoms with E-state index in [1.54, 1.807) is 12.1 Å². The Bertz CT molecular complexity index is 648. The van der Waals surface area contributed by atoms with Crippen molar-refractivity contribution in [3.63, 3.8) is 0 Å². The lowest BCUT2D eigenvalue weighted by Gasteiger charge is -2.02. The molecule has 1 aromatic carbocycles. The first-order valence-electron chi connectivity index (χ1n) is 6.25. The van der Waals surface area contributed by atoms with Crippen LogP contribution in [0.1, 0.15) is 20.3 Å². The number of oxazole rings is 1. The minimum atomic E-state index is -0.446. The number of nitrogens with zero attached hydrogens (tertiary/aromatic N) is 2. The predicted molar refractivity (Wildman–Crippen MR) is 71.0 cm³/mol. The molecule has 1 aromatic heterocycles. The lowest BCUT2D eigenvalue weighted by Crippen LogP contribution is -2.07. The Kier molecular flexibility index (Phi) is 2.48. The van der Waals surface area contributed by atoms with Crippen LogP contribution < -0.4 is 5.32 Å². The number of aromatic nitrogens is 1. The van der Waals surface area contributed by atoms with Gasteiger partial charge >= 0.3 is 0 Å². The van der Waals surface area contributed by atoms with Crippen molar-refractivity contribution in [2.75, 3.05) is 11.9 Å². The van der Waals surface area contributed by atoms with Crippen LogP contribution in [-0.2, 0) is 0 Å². The molecule has 0 spiro atoms. The second-order valence-corrected chi connectivity index (χ2v) is 5.67. The van der Waals surface area contributed by atoms with Crippen LogP contribution >= 0.6 is 0 Å². The van der Waals surface area contributed by atoms with Gasteiger partial charge in [0.15, 0.2) is 11.1 Å². The van der Waals surface area contributed by atoms with Crippen molar-refractivity contribution < 1.29 is 9.34 Å². The van der Waals surface area contributed by atoms with Gasteiger partial charge in [-0.15, -0.1) is 0 Å². The van der Waals surface area contributed by atoms with Crippen molar-refractivity contribution in [1.29, 1.82) is 0 Å². The van der Waals surface area contributed by atoms with E-state index in [4.69, 9.17) is 4.42 Å². The molecule has 3 rings (SSSR count). The van der Waals surface area contributed by atoms with Gasteiger partial charge in [-0.3, -0.25) is 10.1 Å². The number of nitro groups is 1. The average molecular weight is 261 g/mol. The van der Waals surface area contributed by atoms with Crippen LogP contribution in [0.4, 0.5) is 11.7 Å². The van der Waals surface area contributed by atoms with Gasteiger partial charge in [0.2, 0.25) is 0 Å². The highest BCUT2D eigenvalue weighted by Gasteiger charge is 2.45. The lowest BCUT2D eigenvalue weighted by molar-refractivity contribution is -0.383. The van der Waals surface area contributed by atoms with Crippen LogP contribution in [0, 0.1) is 21.4 Å². The Labute approximate surface area is 110 Å². The van der Waals surface area contributed by atoms with Gasteiger partial charge in [0.1, 0.15) is 0 Å². The molecule has 6 nitrogen and oxygen atoms in total. The van der Waals surface area contributed by atoms with E-state index in [-0.39, 0.29) is 5.69 Å². The number of para-hydroxylation sites is 1. The maximum Gasteiger partial charge on any atom is 0.298 e. The Morgan fingerprint density at radius 2 is 2.32 bits per heavy atom. The summed E-state index contributed by atoms with van der Waals surface area (Å²) in [6.45, 7) is 5.22. The van der Waals surface area contributed by atoms with E-state index in [2.05, 4.69) is 24.1 Å². The first-order chi connectivity index (χ1) is 8.97. The largest absolute Gasteiger partial charge is 0.423 e. The Morgan fingerprint density at radius 1 is 1.58 bits per heavy atom. The molecule has 0 amide bonds. The first-order valence-corrected chi connectivity index (χ1v) is 6.25. The van der Waals surface area contributed by atoms with Crippen LogP contribution in [0.5, 0.6) is 0 Å². The Morgan fingerprint density at radius 3 is 2.95 bits per heavy atom. The fraction of sp³-hybridized carbons (Fsp3) is 0.462. The maximum absolute atomic E-state index is 10.9. The average Bonchev–Trinajstić information content (AvgIpc) is 2.79. The molecular formula is C13H15N3O3. The van der Waals surface area contributed by atoms with Gasteiger partial charge in [0.25, 0.3) is 11.7 Å². The zero-order valence-electron chi connectivity index (χ0n) is 10.8. The summed E-state index contributed by atoms with van der Waals surface area (Å²) in [4.78, 5) is 14.6. The minimum Gasteiger partial charge on any atom is -0.423 e. The molecule has 1 atom stereocenters. The van der Waals surface area contributed by atoms with Crippen molar-refractivity contribution in [1.82, 2.24) is 4.98 Å². The monoisotopic (exact) mass is 261 g/mol. The molecule has 1 fully saturated rings. The van der Waals surface area contributed by atoms with Crippen molar-refractivity contribution in [2.24, 2.45) is 11.3 Å². The molecule has 1 saturated carbocycles. The van der Waals surface area contributed by atoms with Gasteiger partial charge < -0.3 is 9.73 Å². The van der Waals surface area contributed by atoms with E-state index in [1.165, 1.54) is 12.5 Å². The van der Waals surface area contributed by atoms with Crippen molar-refractivity contribution in [3.05, 3.63) is 28.3 Å². The third kappa shape index (κ3) is 2.14. The molecule has 1 N–H and O–H groups in total. The van der Waals surface area contributed by atoms with E-state index < -0.39 is 4.92 Å². The highest BCUT2D eigenvalue weighted by atomic mass is 16.6. The van der Waals surface area contributed by atoms with E-state index >= 15 is 0 Å². The smallest absolute Gasteiger partial charge is 0.298 e. The Balaban J connectivity index is 1.82. The number of rotatable bonds is 4. The minimum absolute atomic E-state index is 0.0268. The van der Waals surface area contributed by atoms with Crippen LogP contribution in [0.3, 0.4) is 0 Å². The highest BCUT2D eigenvalue weighted by Crippen LogP contribution is 2.51. The summed E-state index contributed by atoms with van der Waals surface area (Å²) in [5.41, 5.74) is 1.09. The molecule has 0 aliphatic heterocycles. The van der Waals surface area contributed by atoms with Crippen LogP contribution in [0.2, 0.25) is 0 Å². The first kappa shape index (κ1) is 12.0. The van der Waals surface area contributed by atoms with Gasteiger partial charge in [-0.25, -0.2) is 0 Å². The van der Waals surface area contributed by atoms with E-state index in [9.17, 15) is 10.1 Å². The van der Waals surface area contributed by atoms with Crippen molar-refractivity contribution >= 4 is 22.8 Å². The number of nitrogens with one attached hydrogen (secondary N) is 1. The van der Waals surface area contributed by atoms with Crippen LogP contribution in [0.15, 0.2) is 22.6 Å². The molecule has 0 radical (unpaired) electrons. The van der Waals surface area contributed by atoms with Gasteiger partial charge in [-0.2, -0.15) is 4.98 Å². The third-order valence-electron chi connectivity index (χ3n) is 3.81. The molecule has 0 bridgehead atoms. The standard InChI is InChI=1S/C13H15N3O3/c1-13(2)6-8(13)7-14-12-15-11-9(16(17)18)4-3-5-10(11)19-12/h3-5,8H,6-7H2,1-2H3,(H,14,15). The number of non-ortho nitro benzene ring substituents is 1. The molecule has 1 aliphatic rings. The summed E-state index contributed by atoms with van der Waals surface area (Å²) >= 11 is 0. The van der Waals surface area contributed by atoms with Gasteiger partial charge in [0, 0.05) is 12.6 Å². The number of hydrogen-bond acceptors (Lipinski definition) is 5. The second-order valence-electron chi connectivity index (χ2n) is 5.67. The normalized spacial score (nSPS) is 20.4. The molecule has 6 heteroatoms. The van der Waals surface area contributed by atoms with Crippen molar-refractivity contribution in [2.45, 2.75) is 20.3 Å². The van der Waals surface area contributed by atoms with Crippen molar-refractivity contribution in [3.8, 4) is 0 Å². The fourth-order valence-corrected chi connectivity index (χ4v) is 2.29. The summed E-state index contributed by atoms with van der Waals surface area (Å²) in [6, 6.07) is 5.06. The molecule has 1 heterocycles. The second kappa shape index (κ2) is 3.94. The van der Waals surface area contributed by atoms with E-state index in [1.807, 2.05) is 0 Å². The van der Waals surface area contributed by atoms with Gasteiger partial charge in [0.05, 0.1) is 4.92 Å². The zero-order valence-corrected chi connectivity index (χ0v) is 10.8. The number of nitro benzene ring substituents is 1. The molecule has 0 saturated heterocycles. The van der Waals surface area contributed by atoms with Gasteiger partial charge in [-0.05, 0) is 23.8 Å². The number of fused-ring (bicyclic) bond motifs is 1. The fourth-order valence-electron chi connectivity index (χ4n) is 2.29. The topological polar surface area (TPSA) is 81.2 Å². The van der Waals surface area contributed by atoms with E-state index in [0.29, 0.717) is 28.4 Å². The third-order valence-corrected chi connectivity index (χ3v) is 3.81. The summed E-state index contributed by atoms with van der Waals surface area (Å²) in [5, 5.41) is 14.0. The van der Waals surface area contributed by atoms with Crippen LogP contribution in [-0.4, -0.2) is 16.5 Å². The number of anilines is 1. The summed E-state index contributed by atoms with van der Waals surface area (Å²) in [7, 11) is 0. The molecule has 2 aromatic rings. The van der Waals surface area contributed by atoms with Gasteiger partial charge in [-0.1, -0.05) is 19.9 Å². The summed E-state index contributed by atoms with van der Waals surface area (Å²) in [6.07, 6.45) is 1.18. The maximum atomic E-state index is 10.9. The van der Waals surface area contributed by atoms with E-state index in [0.717, 1.165) is 6.54 Å². The SMILES string of the molecule is CC1(C)CC1CNc1nc2c([N+](=O)[O-])cccc2o1. The summed E-state index contributed by atoms with van der Waals surface area (Å²) < 4.78 is 5.48.